The summed E-state index contributed by atoms with van der Waals surface area (Å²) in [6, 6.07) is 11.1. The highest BCUT2D eigenvalue weighted by Crippen LogP contribution is 2.45. The first kappa shape index (κ1) is 24.3. The Morgan fingerprint density at radius 1 is 1.26 bits per heavy atom. The molecule has 0 bridgehead atoms. The van der Waals surface area contributed by atoms with Crippen LogP contribution in [0, 0.1) is 10.1 Å². The molecule has 9 nitrogen and oxygen atoms in total. The number of carbonyl (C=O) groups is 2. The molecule has 1 saturated heterocycles. The third-order valence-corrected chi connectivity index (χ3v) is 7.58. The number of nitro groups is 1. The quantitative estimate of drug-likeness (QED) is 0.206. The number of non-ortho nitro benzene ring substituents is 1. The molecule has 0 radical (unpaired) electrons. The van der Waals surface area contributed by atoms with Crippen molar-refractivity contribution in [2.45, 2.75) is 42.9 Å². The summed E-state index contributed by atoms with van der Waals surface area (Å²) in [6.45, 7) is 1.41. The zero-order valence-corrected chi connectivity index (χ0v) is 20.0. The van der Waals surface area contributed by atoms with Gasteiger partial charge in [0.15, 0.2) is 6.61 Å². The van der Waals surface area contributed by atoms with Gasteiger partial charge in [0.25, 0.3) is 5.69 Å². The first-order valence-corrected chi connectivity index (χ1v) is 12.3. The van der Waals surface area contributed by atoms with E-state index in [0.29, 0.717) is 23.6 Å². The highest BCUT2D eigenvalue weighted by molar-refractivity contribution is 7.99. The van der Waals surface area contributed by atoms with Crippen molar-refractivity contribution in [2.24, 2.45) is 0 Å². The molecule has 1 aliphatic carbocycles. The van der Waals surface area contributed by atoms with Gasteiger partial charge in [-0.1, -0.05) is 30.7 Å². The van der Waals surface area contributed by atoms with Crippen molar-refractivity contribution < 1.29 is 29.1 Å². The molecule has 1 aliphatic heterocycles. The molecule has 11 heteroatoms. The smallest absolute Gasteiger partial charge is 0.421 e. The van der Waals surface area contributed by atoms with Crippen molar-refractivity contribution in [1.29, 1.82) is 0 Å². The van der Waals surface area contributed by atoms with Crippen LogP contribution in [0.5, 0.6) is 0 Å². The molecule has 0 amide bonds. The second kappa shape index (κ2) is 9.44. The number of hydrogen-bond donors (Lipinski definition) is 1. The Kier molecular flexibility index (Phi) is 6.75. The van der Waals surface area contributed by atoms with E-state index in [9.17, 15) is 24.8 Å². The monoisotopic (exact) mass is 506 g/mol. The van der Waals surface area contributed by atoms with Crippen molar-refractivity contribution in [1.82, 2.24) is 0 Å². The van der Waals surface area contributed by atoms with E-state index < -0.39 is 35.4 Å². The number of esters is 2. The maximum absolute atomic E-state index is 12.1. The maximum Gasteiger partial charge on any atom is 0.421 e. The fraction of sp³-hybridized carbons (Fsp3) is 0.391. The fourth-order valence-corrected chi connectivity index (χ4v) is 5.57. The number of benzene rings is 2. The maximum atomic E-state index is 12.1. The second-order valence-corrected chi connectivity index (χ2v) is 9.92. The number of cyclic esters (lactones) is 2. The average Bonchev–Trinajstić information content (AvgIpc) is 2.80. The van der Waals surface area contributed by atoms with Gasteiger partial charge in [-0.3, -0.25) is 10.1 Å². The molecule has 34 heavy (non-hydrogen) atoms. The number of halogens is 1. The predicted octanol–water partition coefficient (Wildman–Crippen LogP) is 3.65. The number of nitrogens with zero attached hydrogens (tertiary/aromatic N) is 2. The summed E-state index contributed by atoms with van der Waals surface area (Å²) in [7, 11) is 0. The van der Waals surface area contributed by atoms with Gasteiger partial charge in [0, 0.05) is 40.1 Å². The van der Waals surface area contributed by atoms with E-state index in [2.05, 4.69) is 0 Å². The Bertz CT molecular complexity index is 1150. The first-order chi connectivity index (χ1) is 16.1. The van der Waals surface area contributed by atoms with Crippen molar-refractivity contribution in [3.8, 4) is 0 Å². The van der Waals surface area contributed by atoms with Gasteiger partial charge in [0.05, 0.1) is 4.92 Å². The minimum absolute atomic E-state index is 0.0243. The van der Waals surface area contributed by atoms with E-state index in [1.165, 1.54) is 11.0 Å². The van der Waals surface area contributed by atoms with Crippen LogP contribution in [0.1, 0.15) is 30.4 Å². The molecule has 2 aromatic carbocycles. The van der Waals surface area contributed by atoms with E-state index in [1.54, 1.807) is 48.2 Å². The molecule has 2 aromatic rings. The zero-order valence-electron chi connectivity index (χ0n) is 18.5. The molecule has 4 rings (SSSR count). The number of thioether (sulfide) groups is 1. The minimum Gasteiger partial charge on any atom is -0.448 e. The van der Waals surface area contributed by atoms with Gasteiger partial charge in [-0.05, 0) is 48.4 Å². The van der Waals surface area contributed by atoms with E-state index >= 15 is 0 Å². The molecule has 4 unspecified atom stereocenters. The van der Waals surface area contributed by atoms with E-state index in [4.69, 9.17) is 21.1 Å². The number of anilines is 1. The lowest BCUT2D eigenvalue weighted by atomic mass is 9.76. The highest BCUT2D eigenvalue weighted by Gasteiger charge is 2.52. The normalized spacial score (nSPS) is 25.1. The lowest BCUT2D eigenvalue weighted by Crippen LogP contribution is -2.64. The standard InChI is InChI=1S/C23H23ClN2O7S/c1-13(34-2)20-18-11-17(26(30)31)8-6-14(18)7-9-19(20)25(16-5-3-4-15(24)10-16)23(29)12-32-21(27)22(28)33-23/h3-6,8,10-11,13,19-20,29H,7,9,12H2,1-2H3. The van der Waals surface area contributed by atoms with Crippen molar-refractivity contribution in [3.63, 3.8) is 0 Å². The van der Waals surface area contributed by atoms with Gasteiger partial charge in [-0.15, -0.1) is 0 Å². The zero-order chi connectivity index (χ0) is 24.6. The summed E-state index contributed by atoms with van der Waals surface area (Å²) < 4.78 is 10.2. The lowest BCUT2D eigenvalue weighted by molar-refractivity contribution is -0.385. The van der Waals surface area contributed by atoms with Crippen LogP contribution in [0.3, 0.4) is 0 Å². The average molecular weight is 507 g/mol. The van der Waals surface area contributed by atoms with E-state index in [1.807, 2.05) is 13.2 Å². The topological polar surface area (TPSA) is 119 Å². The van der Waals surface area contributed by atoms with Crippen LogP contribution in [-0.2, 0) is 25.5 Å². The van der Waals surface area contributed by atoms with Crippen LogP contribution < -0.4 is 4.90 Å². The number of nitro benzene ring substituents is 1. The van der Waals surface area contributed by atoms with Crippen LogP contribution in [0.25, 0.3) is 0 Å². The number of fused-ring (bicyclic) bond motifs is 1. The van der Waals surface area contributed by atoms with Crippen LogP contribution in [0.15, 0.2) is 42.5 Å². The SMILES string of the molecule is CSC(C)C1c2cc([N+](=O)[O-])ccc2CCC1N(c1cccc(Cl)c1)C1(O)COC(=O)C(=O)O1. The number of hydrogen-bond acceptors (Lipinski definition) is 9. The molecular weight excluding hydrogens is 484 g/mol. The lowest BCUT2D eigenvalue weighted by Gasteiger charge is -2.50. The van der Waals surface area contributed by atoms with Gasteiger partial charge in [0.2, 0.25) is 0 Å². The van der Waals surface area contributed by atoms with Gasteiger partial charge >= 0.3 is 17.8 Å². The number of aliphatic hydroxyl groups is 1. The summed E-state index contributed by atoms with van der Waals surface area (Å²) in [5.41, 5.74) is 2.21. The Morgan fingerprint density at radius 2 is 2.03 bits per heavy atom. The number of carbonyl (C=O) groups excluding carboxylic acids is 2. The Balaban J connectivity index is 1.87. The van der Waals surface area contributed by atoms with E-state index in [-0.39, 0.29) is 16.9 Å². The third-order valence-electron chi connectivity index (χ3n) is 6.31. The summed E-state index contributed by atoms with van der Waals surface area (Å²) in [5.74, 6) is -5.07. The Hall–Kier alpha value is -2.82. The van der Waals surface area contributed by atoms with Crippen molar-refractivity contribution >= 4 is 46.7 Å². The van der Waals surface area contributed by atoms with E-state index in [0.717, 1.165) is 11.1 Å². The summed E-state index contributed by atoms with van der Waals surface area (Å²) in [5, 5.41) is 23.4. The second-order valence-electron chi connectivity index (χ2n) is 8.27. The van der Waals surface area contributed by atoms with Crippen LogP contribution >= 0.6 is 23.4 Å². The largest absolute Gasteiger partial charge is 0.448 e. The number of aryl methyl sites for hydroxylation is 1. The fourth-order valence-electron chi connectivity index (χ4n) is 4.76. The minimum atomic E-state index is -2.28. The van der Waals surface area contributed by atoms with Gasteiger partial charge < -0.3 is 19.5 Å². The first-order valence-electron chi connectivity index (χ1n) is 10.6. The number of ether oxygens (including phenoxy) is 2. The summed E-state index contributed by atoms with van der Waals surface area (Å²) >= 11 is 7.82. The van der Waals surface area contributed by atoms with Crippen molar-refractivity contribution in [3.05, 3.63) is 68.7 Å². The third kappa shape index (κ3) is 4.45. The molecule has 0 spiro atoms. The molecule has 1 N–H and O–H groups in total. The summed E-state index contributed by atoms with van der Waals surface area (Å²) in [4.78, 5) is 36.3. The summed E-state index contributed by atoms with van der Waals surface area (Å²) in [6.07, 6.45) is 3.06. The predicted molar refractivity (Wildman–Crippen MR) is 127 cm³/mol. The molecule has 4 atom stereocenters. The number of rotatable bonds is 6. The van der Waals surface area contributed by atoms with Gasteiger partial charge in [0.1, 0.15) is 0 Å². The molecule has 0 aromatic heterocycles. The van der Waals surface area contributed by atoms with Crippen LogP contribution in [0.2, 0.25) is 5.02 Å². The molecule has 1 fully saturated rings. The molecular formula is C23H23ClN2O7S. The highest BCUT2D eigenvalue weighted by atomic mass is 35.5. The van der Waals surface area contributed by atoms with Gasteiger partial charge in [-0.2, -0.15) is 11.8 Å². The van der Waals surface area contributed by atoms with Gasteiger partial charge in [-0.25, -0.2) is 9.59 Å². The molecule has 2 aliphatic rings. The Morgan fingerprint density at radius 3 is 2.68 bits per heavy atom. The van der Waals surface area contributed by atoms with Crippen LogP contribution in [0.4, 0.5) is 11.4 Å². The Labute approximate surface area is 205 Å². The molecule has 180 valence electrons. The molecule has 1 heterocycles. The van der Waals surface area contributed by atoms with Crippen molar-refractivity contribution in [2.75, 3.05) is 17.8 Å². The van der Waals surface area contributed by atoms with Crippen LogP contribution in [-0.4, -0.2) is 52.0 Å². The molecule has 0 saturated carbocycles.